The Balaban J connectivity index is 2.34. The van der Waals surface area contributed by atoms with E-state index in [1.807, 2.05) is 6.92 Å². The molecule has 1 aromatic heterocycles. The van der Waals surface area contributed by atoms with E-state index in [1.165, 1.54) is 16.4 Å². The molecule has 120 valence electrons. The average Bonchev–Trinajstić information content (AvgIpc) is 2.83. The van der Waals surface area contributed by atoms with E-state index in [-0.39, 0.29) is 18.0 Å². The lowest BCUT2D eigenvalue weighted by Gasteiger charge is -2.19. The Hall–Kier alpha value is -1.90. The summed E-state index contributed by atoms with van der Waals surface area (Å²) in [6.07, 6.45) is 0. The maximum absolute atomic E-state index is 12.4. The Morgan fingerprint density at radius 1 is 1.32 bits per heavy atom. The van der Waals surface area contributed by atoms with E-state index in [0.29, 0.717) is 18.1 Å². The molecule has 0 radical (unpaired) electrons. The van der Waals surface area contributed by atoms with Gasteiger partial charge in [0.1, 0.15) is 5.82 Å². The number of nitrogen functional groups attached to an aromatic ring is 1. The fourth-order valence-electron chi connectivity index (χ4n) is 2.19. The van der Waals surface area contributed by atoms with Crippen LogP contribution >= 0.6 is 0 Å². The van der Waals surface area contributed by atoms with Gasteiger partial charge in [0, 0.05) is 19.2 Å². The molecular weight excluding hydrogens is 304 g/mol. The van der Waals surface area contributed by atoms with Gasteiger partial charge in [-0.25, -0.2) is 13.1 Å². The molecule has 0 saturated heterocycles. The highest BCUT2D eigenvalue weighted by atomic mass is 32.2. The third-order valence-electron chi connectivity index (χ3n) is 3.28. The summed E-state index contributed by atoms with van der Waals surface area (Å²) >= 11 is 0. The second-order valence-corrected chi connectivity index (χ2v) is 6.77. The first-order valence-electron chi connectivity index (χ1n) is 6.93. The number of aryl methyl sites for hydroxylation is 1. The number of sulfonamides is 1. The highest BCUT2D eigenvalue weighted by molar-refractivity contribution is 7.89. The molecule has 0 bridgehead atoms. The Morgan fingerprint density at radius 2 is 1.95 bits per heavy atom. The maximum Gasteiger partial charge on any atom is 0.243 e. The summed E-state index contributed by atoms with van der Waals surface area (Å²) in [6, 6.07) is 8.08. The first kappa shape index (κ1) is 16.5. The molecule has 0 aliphatic carbocycles. The van der Waals surface area contributed by atoms with Gasteiger partial charge in [-0.1, -0.05) is 6.92 Å². The summed E-state index contributed by atoms with van der Waals surface area (Å²) in [5, 5.41) is 13.2. The molecule has 7 nitrogen and oxygen atoms in total. The molecule has 1 aromatic carbocycles. The number of aromatic nitrogens is 2. The van der Waals surface area contributed by atoms with E-state index in [2.05, 4.69) is 5.10 Å². The number of aliphatic hydroxyl groups is 1. The number of hydrogen-bond acceptors (Lipinski definition) is 5. The number of nitrogens with two attached hydrogens (primary N) is 1. The van der Waals surface area contributed by atoms with E-state index in [4.69, 9.17) is 10.8 Å². The van der Waals surface area contributed by atoms with Crippen LogP contribution in [0.15, 0.2) is 35.2 Å². The van der Waals surface area contributed by atoms with Crippen molar-refractivity contribution in [3.8, 4) is 5.69 Å². The van der Waals surface area contributed by atoms with Gasteiger partial charge in [-0.15, -0.1) is 0 Å². The van der Waals surface area contributed by atoms with Gasteiger partial charge in [-0.3, -0.25) is 0 Å². The quantitative estimate of drug-likeness (QED) is 0.817. The molecule has 0 fully saturated rings. The molecule has 8 heteroatoms. The van der Waals surface area contributed by atoms with Gasteiger partial charge in [0.2, 0.25) is 10.0 Å². The van der Waals surface area contributed by atoms with Crippen LogP contribution < -0.4 is 5.73 Å². The third kappa shape index (κ3) is 3.13. The van der Waals surface area contributed by atoms with E-state index in [0.717, 1.165) is 5.69 Å². The van der Waals surface area contributed by atoms with Gasteiger partial charge in [0.05, 0.1) is 22.9 Å². The van der Waals surface area contributed by atoms with Crippen LogP contribution in [0.5, 0.6) is 0 Å². The van der Waals surface area contributed by atoms with Gasteiger partial charge in [0.25, 0.3) is 0 Å². The maximum atomic E-state index is 12.4. The Labute approximate surface area is 130 Å². The molecule has 22 heavy (non-hydrogen) atoms. The summed E-state index contributed by atoms with van der Waals surface area (Å²) in [6.45, 7) is 3.73. The summed E-state index contributed by atoms with van der Waals surface area (Å²) < 4.78 is 27.7. The fourth-order valence-corrected chi connectivity index (χ4v) is 3.63. The summed E-state index contributed by atoms with van der Waals surface area (Å²) in [4.78, 5) is 0.175. The Kier molecular flexibility index (Phi) is 4.84. The summed E-state index contributed by atoms with van der Waals surface area (Å²) in [7, 11) is -3.60. The van der Waals surface area contributed by atoms with Gasteiger partial charge >= 0.3 is 0 Å². The van der Waals surface area contributed by atoms with Crippen LogP contribution in [0.1, 0.15) is 12.6 Å². The number of aliphatic hydroxyl groups excluding tert-OH is 1. The van der Waals surface area contributed by atoms with Crippen LogP contribution in [0.2, 0.25) is 0 Å². The van der Waals surface area contributed by atoms with Gasteiger partial charge in [0.15, 0.2) is 0 Å². The van der Waals surface area contributed by atoms with Gasteiger partial charge in [-0.2, -0.15) is 9.40 Å². The van der Waals surface area contributed by atoms with Crippen LogP contribution in [0.25, 0.3) is 5.69 Å². The molecule has 0 amide bonds. The predicted octanol–water partition coefficient (Wildman–Crippen LogP) is 0.766. The molecule has 0 aliphatic heterocycles. The SMILES string of the molecule is CCN(CCO)S(=O)(=O)c1ccc(-n2nc(C)cc2N)cc1. The summed E-state index contributed by atoms with van der Waals surface area (Å²) in [5.41, 5.74) is 7.33. The van der Waals surface area contributed by atoms with Crippen LogP contribution in [-0.4, -0.2) is 47.3 Å². The minimum absolute atomic E-state index is 0.0753. The molecule has 0 spiro atoms. The second-order valence-electron chi connectivity index (χ2n) is 4.84. The van der Waals surface area contributed by atoms with Crippen molar-refractivity contribution < 1.29 is 13.5 Å². The van der Waals surface area contributed by atoms with Crippen LogP contribution in [0, 0.1) is 6.92 Å². The van der Waals surface area contributed by atoms with E-state index >= 15 is 0 Å². The lowest BCUT2D eigenvalue weighted by atomic mass is 10.3. The average molecular weight is 324 g/mol. The molecule has 0 unspecified atom stereocenters. The lowest BCUT2D eigenvalue weighted by Crippen LogP contribution is -2.33. The van der Waals surface area contributed by atoms with Gasteiger partial charge < -0.3 is 10.8 Å². The normalized spacial score (nSPS) is 12.0. The zero-order chi connectivity index (χ0) is 16.3. The van der Waals surface area contributed by atoms with Crippen molar-refractivity contribution in [3.05, 3.63) is 36.0 Å². The van der Waals surface area contributed by atoms with Gasteiger partial charge in [-0.05, 0) is 31.2 Å². The van der Waals surface area contributed by atoms with E-state index < -0.39 is 10.0 Å². The predicted molar refractivity (Wildman–Crippen MR) is 84.2 cm³/mol. The minimum Gasteiger partial charge on any atom is -0.395 e. The van der Waals surface area contributed by atoms with Crippen molar-refractivity contribution in [2.45, 2.75) is 18.7 Å². The van der Waals surface area contributed by atoms with Crippen LogP contribution in [-0.2, 0) is 10.0 Å². The fraction of sp³-hybridized carbons (Fsp3) is 0.357. The molecule has 0 atom stereocenters. The minimum atomic E-state index is -3.60. The topological polar surface area (TPSA) is 101 Å². The van der Waals surface area contributed by atoms with Crippen molar-refractivity contribution in [3.63, 3.8) is 0 Å². The monoisotopic (exact) mass is 324 g/mol. The molecule has 0 saturated carbocycles. The molecule has 2 rings (SSSR count). The summed E-state index contributed by atoms with van der Waals surface area (Å²) in [5.74, 6) is 0.489. The molecule has 1 heterocycles. The van der Waals surface area contributed by atoms with Crippen molar-refractivity contribution >= 4 is 15.8 Å². The number of anilines is 1. The number of benzene rings is 1. The van der Waals surface area contributed by atoms with Crippen LogP contribution in [0.4, 0.5) is 5.82 Å². The largest absolute Gasteiger partial charge is 0.395 e. The highest BCUT2D eigenvalue weighted by Crippen LogP contribution is 2.19. The molecular formula is C14H20N4O3S. The molecule has 0 aliphatic rings. The highest BCUT2D eigenvalue weighted by Gasteiger charge is 2.22. The van der Waals surface area contributed by atoms with Crippen molar-refractivity contribution in [2.75, 3.05) is 25.4 Å². The van der Waals surface area contributed by atoms with E-state index in [9.17, 15) is 8.42 Å². The third-order valence-corrected chi connectivity index (χ3v) is 5.27. The second kappa shape index (κ2) is 6.47. The molecule has 3 N–H and O–H groups in total. The van der Waals surface area contributed by atoms with E-state index in [1.54, 1.807) is 29.8 Å². The first-order valence-corrected chi connectivity index (χ1v) is 8.37. The zero-order valence-electron chi connectivity index (χ0n) is 12.6. The van der Waals surface area contributed by atoms with Crippen LogP contribution in [0.3, 0.4) is 0 Å². The zero-order valence-corrected chi connectivity index (χ0v) is 13.4. The number of hydrogen-bond donors (Lipinski definition) is 2. The van der Waals surface area contributed by atoms with Crippen molar-refractivity contribution in [1.29, 1.82) is 0 Å². The molecule has 2 aromatic rings. The number of rotatable bonds is 6. The Morgan fingerprint density at radius 3 is 2.41 bits per heavy atom. The Bertz CT molecular complexity index is 738. The van der Waals surface area contributed by atoms with Crippen molar-refractivity contribution in [2.24, 2.45) is 0 Å². The smallest absolute Gasteiger partial charge is 0.243 e. The standard InChI is InChI=1S/C14H20N4O3S/c1-3-17(8-9-19)22(20,21)13-6-4-12(5-7-13)18-14(15)10-11(2)16-18/h4-7,10,19H,3,8-9,15H2,1-2H3. The first-order chi connectivity index (χ1) is 10.4. The number of likely N-dealkylation sites (N-methyl/N-ethyl adjacent to an activating group) is 1. The number of nitrogens with zero attached hydrogens (tertiary/aromatic N) is 3. The van der Waals surface area contributed by atoms with Crippen molar-refractivity contribution in [1.82, 2.24) is 14.1 Å². The lowest BCUT2D eigenvalue weighted by molar-refractivity contribution is 0.257.